The Morgan fingerprint density at radius 2 is 2.03 bits per heavy atom. The molecule has 0 heterocycles. The highest BCUT2D eigenvalue weighted by molar-refractivity contribution is 5.86. The van der Waals surface area contributed by atoms with Gasteiger partial charge in [0.15, 0.2) is 0 Å². The third kappa shape index (κ3) is 6.35. The van der Waals surface area contributed by atoms with Crippen LogP contribution >= 0.6 is 0 Å². The van der Waals surface area contributed by atoms with E-state index < -0.39 is 17.7 Å². The summed E-state index contributed by atoms with van der Waals surface area (Å²) >= 11 is 0. The predicted molar refractivity (Wildman–Crippen MR) is 112 cm³/mol. The SMILES string of the molecule is C#C[C@@H](CC(=O)O)c1ccc(OCc2cc(NCC(C)C)c(C=N)cc2F)cc1. The Balaban J connectivity index is 2.10. The molecule has 2 rings (SSSR count). The summed E-state index contributed by atoms with van der Waals surface area (Å²) in [5.74, 6) is 1.49. The van der Waals surface area contributed by atoms with Crippen LogP contribution in [0.5, 0.6) is 5.75 Å². The van der Waals surface area contributed by atoms with E-state index in [-0.39, 0.29) is 13.0 Å². The summed E-state index contributed by atoms with van der Waals surface area (Å²) < 4.78 is 20.1. The highest BCUT2D eigenvalue weighted by Gasteiger charge is 2.13. The molecule has 0 saturated heterocycles. The number of ether oxygens (including phenoxy) is 1. The molecule has 0 aliphatic carbocycles. The maximum absolute atomic E-state index is 14.4. The second kappa shape index (κ2) is 10.3. The first-order valence-electron chi connectivity index (χ1n) is 9.31. The molecule has 0 amide bonds. The zero-order chi connectivity index (χ0) is 21.4. The summed E-state index contributed by atoms with van der Waals surface area (Å²) in [6, 6.07) is 9.78. The van der Waals surface area contributed by atoms with Gasteiger partial charge in [-0.1, -0.05) is 31.9 Å². The molecule has 0 aromatic heterocycles. The number of hydrogen-bond donors (Lipinski definition) is 3. The summed E-state index contributed by atoms with van der Waals surface area (Å²) in [5.41, 5.74) is 2.26. The van der Waals surface area contributed by atoms with Crippen molar-refractivity contribution in [1.29, 1.82) is 5.41 Å². The molecule has 6 heteroatoms. The Morgan fingerprint density at radius 1 is 1.34 bits per heavy atom. The first-order valence-corrected chi connectivity index (χ1v) is 9.31. The molecule has 29 heavy (non-hydrogen) atoms. The number of carbonyl (C=O) groups is 1. The first-order chi connectivity index (χ1) is 13.8. The second-order valence-corrected chi connectivity index (χ2v) is 7.12. The molecule has 2 aromatic carbocycles. The van der Waals surface area contributed by atoms with Gasteiger partial charge in [-0.25, -0.2) is 4.39 Å². The van der Waals surface area contributed by atoms with Crippen molar-refractivity contribution >= 4 is 17.9 Å². The molecule has 0 bridgehead atoms. The lowest BCUT2D eigenvalue weighted by Crippen LogP contribution is -2.11. The Morgan fingerprint density at radius 3 is 2.59 bits per heavy atom. The molecular weight excluding hydrogens is 371 g/mol. The van der Waals surface area contributed by atoms with Crippen LogP contribution in [0.3, 0.4) is 0 Å². The minimum absolute atomic E-state index is 0.0213. The van der Waals surface area contributed by atoms with Crippen molar-refractivity contribution in [2.24, 2.45) is 5.92 Å². The first kappa shape index (κ1) is 22.0. The molecule has 0 saturated carbocycles. The topological polar surface area (TPSA) is 82.4 Å². The van der Waals surface area contributed by atoms with Gasteiger partial charge in [-0.2, -0.15) is 0 Å². The summed E-state index contributed by atoms with van der Waals surface area (Å²) in [6.07, 6.45) is 6.39. The van der Waals surface area contributed by atoms with Crippen LogP contribution in [0.25, 0.3) is 0 Å². The van der Waals surface area contributed by atoms with E-state index in [0.29, 0.717) is 40.6 Å². The number of carboxylic acids is 1. The van der Waals surface area contributed by atoms with Crippen LogP contribution < -0.4 is 10.1 Å². The van der Waals surface area contributed by atoms with Crippen molar-refractivity contribution in [3.8, 4) is 18.1 Å². The van der Waals surface area contributed by atoms with E-state index in [2.05, 4.69) is 25.1 Å². The Hall–Kier alpha value is -3.33. The molecule has 0 aliphatic heterocycles. The molecule has 1 atom stereocenters. The number of halogens is 1. The molecule has 2 aromatic rings. The molecule has 0 unspecified atom stereocenters. The van der Waals surface area contributed by atoms with E-state index in [1.807, 2.05) is 0 Å². The van der Waals surface area contributed by atoms with E-state index in [9.17, 15) is 9.18 Å². The average molecular weight is 396 g/mol. The van der Waals surface area contributed by atoms with Gasteiger partial charge >= 0.3 is 5.97 Å². The third-order valence-electron chi connectivity index (χ3n) is 4.33. The number of hydrogen-bond acceptors (Lipinski definition) is 4. The quantitative estimate of drug-likeness (QED) is 0.403. The van der Waals surface area contributed by atoms with E-state index in [1.165, 1.54) is 6.07 Å². The molecule has 0 spiro atoms. The van der Waals surface area contributed by atoms with Gasteiger partial charge < -0.3 is 20.6 Å². The summed E-state index contributed by atoms with van der Waals surface area (Å²) in [7, 11) is 0. The van der Waals surface area contributed by atoms with Crippen LogP contribution in [0.4, 0.5) is 10.1 Å². The van der Waals surface area contributed by atoms with Crippen molar-refractivity contribution in [2.75, 3.05) is 11.9 Å². The van der Waals surface area contributed by atoms with Crippen molar-refractivity contribution < 1.29 is 19.0 Å². The number of carboxylic acid groups (broad SMARTS) is 1. The Kier molecular flexibility index (Phi) is 7.79. The van der Waals surface area contributed by atoms with Gasteiger partial charge in [0.05, 0.1) is 12.3 Å². The van der Waals surface area contributed by atoms with Crippen molar-refractivity contribution in [2.45, 2.75) is 32.8 Å². The molecule has 5 nitrogen and oxygen atoms in total. The van der Waals surface area contributed by atoms with Gasteiger partial charge in [-0.05, 0) is 35.7 Å². The van der Waals surface area contributed by atoms with Gasteiger partial charge in [-0.3, -0.25) is 4.79 Å². The van der Waals surface area contributed by atoms with E-state index in [4.69, 9.17) is 21.7 Å². The molecule has 3 N–H and O–H groups in total. The Labute approximate surface area is 170 Å². The number of rotatable bonds is 10. The van der Waals surface area contributed by atoms with Gasteiger partial charge in [-0.15, -0.1) is 6.42 Å². The molecule has 0 radical (unpaired) electrons. The van der Waals surface area contributed by atoms with Crippen LogP contribution in [-0.4, -0.2) is 23.8 Å². The number of aliphatic carboxylic acids is 1. The zero-order valence-corrected chi connectivity index (χ0v) is 16.5. The monoisotopic (exact) mass is 396 g/mol. The number of terminal acetylenes is 1. The van der Waals surface area contributed by atoms with Crippen LogP contribution in [-0.2, 0) is 11.4 Å². The lowest BCUT2D eigenvalue weighted by molar-refractivity contribution is -0.137. The maximum Gasteiger partial charge on any atom is 0.304 e. The predicted octanol–water partition coefficient (Wildman–Crippen LogP) is 4.66. The van der Waals surface area contributed by atoms with E-state index in [1.54, 1.807) is 30.3 Å². The fourth-order valence-electron chi connectivity index (χ4n) is 2.74. The molecule has 0 fully saturated rings. The lowest BCUT2D eigenvalue weighted by atomic mass is 9.97. The van der Waals surface area contributed by atoms with Gasteiger partial charge in [0, 0.05) is 29.6 Å². The minimum atomic E-state index is -0.959. The third-order valence-corrected chi connectivity index (χ3v) is 4.33. The van der Waals surface area contributed by atoms with Crippen LogP contribution in [0.15, 0.2) is 36.4 Å². The van der Waals surface area contributed by atoms with Gasteiger partial charge in [0.2, 0.25) is 0 Å². The number of anilines is 1. The molecule has 0 aliphatic rings. The maximum atomic E-state index is 14.4. The number of benzene rings is 2. The standard InChI is InChI=1S/C23H25FN2O3/c1-4-16(11-23(27)28)17-5-7-20(8-6-17)29-14-19-10-22(26-13-15(2)3)18(12-25)9-21(19)24/h1,5-10,12,15-16,25-26H,11,13-14H2,2-3H3,(H,27,28)/t16-/m0/s1. The summed E-state index contributed by atoms with van der Waals surface area (Å²) in [4.78, 5) is 10.9. The largest absolute Gasteiger partial charge is 0.489 e. The fourth-order valence-corrected chi connectivity index (χ4v) is 2.74. The normalized spacial score (nSPS) is 11.6. The molecule has 152 valence electrons. The summed E-state index contributed by atoms with van der Waals surface area (Å²) in [6.45, 7) is 4.86. The van der Waals surface area contributed by atoms with E-state index in [0.717, 1.165) is 6.21 Å². The van der Waals surface area contributed by atoms with Crippen molar-refractivity contribution in [1.82, 2.24) is 0 Å². The van der Waals surface area contributed by atoms with Crippen LogP contribution in [0.2, 0.25) is 0 Å². The average Bonchev–Trinajstić information content (AvgIpc) is 2.70. The smallest absolute Gasteiger partial charge is 0.304 e. The highest BCUT2D eigenvalue weighted by atomic mass is 19.1. The van der Waals surface area contributed by atoms with Crippen molar-refractivity contribution in [3.05, 3.63) is 58.9 Å². The lowest BCUT2D eigenvalue weighted by Gasteiger charge is -2.15. The van der Waals surface area contributed by atoms with E-state index >= 15 is 0 Å². The zero-order valence-electron chi connectivity index (χ0n) is 16.5. The fraction of sp³-hybridized carbons (Fsp3) is 0.304. The molecular formula is C23H25FN2O3. The highest BCUT2D eigenvalue weighted by Crippen LogP contribution is 2.24. The Bertz CT molecular complexity index is 902. The van der Waals surface area contributed by atoms with Crippen molar-refractivity contribution in [3.63, 3.8) is 0 Å². The minimum Gasteiger partial charge on any atom is -0.489 e. The summed E-state index contributed by atoms with van der Waals surface area (Å²) in [5, 5.41) is 19.6. The second-order valence-electron chi connectivity index (χ2n) is 7.12. The van der Waals surface area contributed by atoms with Crippen LogP contribution in [0, 0.1) is 29.5 Å². The van der Waals surface area contributed by atoms with Gasteiger partial charge in [0.1, 0.15) is 18.2 Å². The number of nitrogens with one attached hydrogen (secondary N) is 2. The van der Waals surface area contributed by atoms with Crippen LogP contribution in [0.1, 0.15) is 42.9 Å². The van der Waals surface area contributed by atoms with Gasteiger partial charge in [0.25, 0.3) is 0 Å².